The lowest BCUT2D eigenvalue weighted by atomic mass is 10.1. The van der Waals surface area contributed by atoms with E-state index in [2.05, 4.69) is 24.6 Å². The summed E-state index contributed by atoms with van der Waals surface area (Å²) in [5, 5.41) is -0.0833. The van der Waals surface area contributed by atoms with Crippen LogP contribution in [0.1, 0.15) is 16.2 Å². The molecule has 24 heavy (non-hydrogen) atoms. The molecule has 1 aromatic carbocycles. The lowest BCUT2D eigenvalue weighted by molar-refractivity contribution is 0.0812. The van der Waals surface area contributed by atoms with E-state index in [4.69, 9.17) is 16.3 Å². The van der Waals surface area contributed by atoms with Crippen molar-refractivity contribution in [3.63, 3.8) is 0 Å². The predicted molar refractivity (Wildman–Crippen MR) is 104 cm³/mol. The minimum Gasteiger partial charge on any atom is -0.361 e. The van der Waals surface area contributed by atoms with Gasteiger partial charge in [0.1, 0.15) is 16.2 Å². The van der Waals surface area contributed by atoms with Crippen LogP contribution >= 0.6 is 34.2 Å². The van der Waals surface area contributed by atoms with Crippen LogP contribution in [0, 0.1) is 9.52 Å². The fraction of sp³-hybridized carbons (Fsp3) is 0.375. The van der Waals surface area contributed by atoms with Crippen molar-refractivity contribution < 1.29 is 13.9 Å². The van der Waals surface area contributed by atoms with Crippen molar-refractivity contribution in [2.24, 2.45) is 0 Å². The van der Waals surface area contributed by atoms with Crippen LogP contribution in [-0.4, -0.2) is 30.0 Å². The van der Waals surface area contributed by atoms with Gasteiger partial charge in [0.25, 0.3) is 0 Å². The van der Waals surface area contributed by atoms with Crippen molar-refractivity contribution in [3.8, 4) is 0 Å². The molecular weight excluding hydrogens is 462 g/mol. The van der Waals surface area contributed by atoms with Gasteiger partial charge in [0, 0.05) is 26.4 Å². The SMILES string of the molecule is C[Si](C)(C)CCOCn1cc(I)nc1C(=O)c1ccc(F)c(Cl)c1. The third kappa shape index (κ3) is 5.37. The molecule has 0 saturated carbocycles. The molecule has 0 aliphatic rings. The molecule has 1 heterocycles. The summed E-state index contributed by atoms with van der Waals surface area (Å²) in [6, 6.07) is 4.95. The van der Waals surface area contributed by atoms with Crippen LogP contribution in [0.5, 0.6) is 0 Å². The Kier molecular flexibility index (Phi) is 6.57. The standard InChI is InChI=1S/C16H19ClFIN2O2Si/c1-24(2,3)7-6-23-10-21-9-14(19)20-16(21)15(22)11-4-5-13(18)12(17)8-11/h4-5,8-9H,6-7,10H2,1-3H3. The second-order valence-corrected chi connectivity index (χ2v) is 13.8. The molecule has 2 rings (SSSR count). The van der Waals surface area contributed by atoms with E-state index >= 15 is 0 Å². The molecule has 0 N–H and O–H groups in total. The number of ether oxygens (including phenoxy) is 1. The smallest absolute Gasteiger partial charge is 0.228 e. The second-order valence-electron chi connectivity index (χ2n) is 6.66. The first-order chi connectivity index (χ1) is 11.2. The van der Waals surface area contributed by atoms with Crippen LogP contribution in [0.15, 0.2) is 24.4 Å². The zero-order chi connectivity index (χ0) is 17.9. The van der Waals surface area contributed by atoms with Gasteiger partial charge in [-0.1, -0.05) is 31.2 Å². The molecule has 4 nitrogen and oxygen atoms in total. The van der Waals surface area contributed by atoms with E-state index < -0.39 is 13.9 Å². The Balaban J connectivity index is 2.12. The van der Waals surface area contributed by atoms with E-state index in [0.29, 0.717) is 15.9 Å². The fourth-order valence-electron chi connectivity index (χ4n) is 1.97. The van der Waals surface area contributed by atoms with Crippen molar-refractivity contribution in [3.05, 3.63) is 50.3 Å². The van der Waals surface area contributed by atoms with Crippen molar-refractivity contribution in [1.82, 2.24) is 9.55 Å². The highest BCUT2D eigenvalue weighted by molar-refractivity contribution is 14.1. The second kappa shape index (κ2) is 8.07. The minimum absolute atomic E-state index is 0.0833. The van der Waals surface area contributed by atoms with Crippen molar-refractivity contribution in [1.29, 1.82) is 0 Å². The van der Waals surface area contributed by atoms with Gasteiger partial charge in [-0.2, -0.15) is 0 Å². The van der Waals surface area contributed by atoms with E-state index in [1.807, 2.05) is 22.6 Å². The monoisotopic (exact) mass is 480 g/mol. The predicted octanol–water partition coefficient (Wildman–Crippen LogP) is 4.82. The number of aromatic nitrogens is 2. The van der Waals surface area contributed by atoms with E-state index in [0.717, 1.165) is 6.04 Å². The quantitative estimate of drug-likeness (QED) is 0.247. The maximum Gasteiger partial charge on any atom is 0.228 e. The molecule has 0 fully saturated rings. The van der Waals surface area contributed by atoms with Crippen LogP contribution in [0.4, 0.5) is 4.39 Å². The van der Waals surface area contributed by atoms with Crippen LogP contribution in [0.3, 0.4) is 0 Å². The number of benzene rings is 1. The molecule has 0 unspecified atom stereocenters. The lowest BCUT2D eigenvalue weighted by Crippen LogP contribution is -2.22. The van der Waals surface area contributed by atoms with Gasteiger partial charge in [-0.3, -0.25) is 4.79 Å². The zero-order valence-corrected chi connectivity index (χ0v) is 17.7. The van der Waals surface area contributed by atoms with Gasteiger partial charge >= 0.3 is 0 Å². The molecule has 8 heteroatoms. The lowest BCUT2D eigenvalue weighted by Gasteiger charge is -2.15. The third-order valence-electron chi connectivity index (χ3n) is 3.36. The van der Waals surface area contributed by atoms with Crippen LogP contribution in [0.2, 0.25) is 30.7 Å². The Bertz CT molecular complexity index is 746. The van der Waals surface area contributed by atoms with Gasteiger partial charge in [-0.25, -0.2) is 9.37 Å². The summed E-state index contributed by atoms with van der Waals surface area (Å²) in [5.41, 5.74) is 0.298. The van der Waals surface area contributed by atoms with E-state index in [1.54, 1.807) is 10.8 Å². The van der Waals surface area contributed by atoms with Gasteiger partial charge < -0.3 is 9.30 Å². The number of hydrogen-bond donors (Lipinski definition) is 0. The molecule has 0 aliphatic carbocycles. The fourth-order valence-corrected chi connectivity index (χ4v) is 3.47. The van der Waals surface area contributed by atoms with Gasteiger partial charge in [0.05, 0.1) is 5.02 Å². The van der Waals surface area contributed by atoms with Gasteiger partial charge in [-0.15, -0.1) is 0 Å². The summed E-state index contributed by atoms with van der Waals surface area (Å²) in [5.74, 6) is -0.607. The topological polar surface area (TPSA) is 44.1 Å². The van der Waals surface area contributed by atoms with E-state index in [-0.39, 0.29) is 23.4 Å². The van der Waals surface area contributed by atoms with Crippen molar-refractivity contribution in [2.45, 2.75) is 32.4 Å². The number of nitrogens with zero attached hydrogens (tertiary/aromatic N) is 2. The summed E-state index contributed by atoms with van der Waals surface area (Å²) in [6.45, 7) is 7.76. The van der Waals surface area contributed by atoms with Gasteiger partial charge in [0.2, 0.25) is 5.78 Å². The Morgan fingerprint density at radius 1 is 1.42 bits per heavy atom. The van der Waals surface area contributed by atoms with Crippen LogP contribution < -0.4 is 0 Å². The highest BCUT2D eigenvalue weighted by Gasteiger charge is 2.19. The average molecular weight is 481 g/mol. The number of hydrogen-bond acceptors (Lipinski definition) is 3. The maximum absolute atomic E-state index is 13.3. The summed E-state index contributed by atoms with van der Waals surface area (Å²) in [4.78, 5) is 16.9. The first-order valence-corrected chi connectivity index (χ1v) is 12.6. The Hall–Kier alpha value is -0.773. The molecule has 130 valence electrons. The molecule has 0 spiro atoms. The number of carbonyl (C=O) groups excluding carboxylic acids is 1. The van der Waals surface area contributed by atoms with Crippen LogP contribution in [0.25, 0.3) is 0 Å². The number of imidazole rings is 1. The molecule has 1 aromatic heterocycles. The number of carbonyl (C=O) groups is 1. The molecule has 0 radical (unpaired) electrons. The maximum atomic E-state index is 13.3. The number of halogens is 3. The zero-order valence-electron chi connectivity index (χ0n) is 13.8. The van der Waals surface area contributed by atoms with Gasteiger partial charge in [-0.05, 0) is 46.8 Å². The molecule has 0 atom stereocenters. The van der Waals surface area contributed by atoms with E-state index in [1.165, 1.54) is 18.2 Å². The van der Waals surface area contributed by atoms with Crippen molar-refractivity contribution in [2.75, 3.05) is 6.61 Å². The number of ketones is 1. The molecule has 2 aromatic rings. The molecule has 0 bridgehead atoms. The van der Waals surface area contributed by atoms with Gasteiger partial charge in [0.15, 0.2) is 5.82 Å². The molecular formula is C16H19ClFIN2O2Si. The van der Waals surface area contributed by atoms with Crippen LogP contribution in [-0.2, 0) is 11.5 Å². The first kappa shape index (κ1) is 19.6. The van der Waals surface area contributed by atoms with Crippen molar-refractivity contribution >= 4 is 48.0 Å². The largest absolute Gasteiger partial charge is 0.361 e. The Labute approximate surface area is 160 Å². The molecule has 0 saturated heterocycles. The summed E-state index contributed by atoms with van der Waals surface area (Å²) in [7, 11) is -1.16. The highest BCUT2D eigenvalue weighted by atomic mass is 127. The first-order valence-electron chi connectivity index (χ1n) is 7.47. The summed E-state index contributed by atoms with van der Waals surface area (Å²) >= 11 is 7.80. The molecule has 0 amide bonds. The Morgan fingerprint density at radius 3 is 2.75 bits per heavy atom. The average Bonchev–Trinajstić information content (AvgIpc) is 2.86. The highest BCUT2D eigenvalue weighted by Crippen LogP contribution is 2.19. The summed E-state index contributed by atoms with van der Waals surface area (Å²) in [6.07, 6.45) is 1.76. The number of rotatable bonds is 7. The Morgan fingerprint density at radius 2 is 2.12 bits per heavy atom. The third-order valence-corrected chi connectivity index (χ3v) is 5.87. The minimum atomic E-state index is -1.16. The summed E-state index contributed by atoms with van der Waals surface area (Å²) < 4.78 is 21.3. The molecule has 0 aliphatic heterocycles. The normalized spacial score (nSPS) is 11.8. The van der Waals surface area contributed by atoms with E-state index in [9.17, 15) is 9.18 Å².